The molecule has 100 valence electrons. The molecular formula is C15H30N2. The molecule has 4 unspecified atom stereocenters. The quantitative estimate of drug-likeness (QED) is 0.746. The van der Waals surface area contributed by atoms with Crippen LogP contribution < -0.4 is 0 Å². The van der Waals surface area contributed by atoms with E-state index in [1.165, 1.54) is 32.4 Å². The fraction of sp³-hybridized carbons (Fsp3) is 1.00. The summed E-state index contributed by atoms with van der Waals surface area (Å²) in [5.74, 6) is 3.93. The zero-order chi connectivity index (χ0) is 12.6. The summed E-state index contributed by atoms with van der Waals surface area (Å²) < 4.78 is 0. The molecule has 0 aromatic heterocycles. The normalized spacial score (nSPS) is 38.1. The van der Waals surface area contributed by atoms with Crippen LogP contribution in [0.15, 0.2) is 0 Å². The van der Waals surface area contributed by atoms with E-state index < -0.39 is 0 Å². The van der Waals surface area contributed by atoms with Gasteiger partial charge in [-0.15, -0.1) is 0 Å². The van der Waals surface area contributed by atoms with Gasteiger partial charge in [0.25, 0.3) is 0 Å². The molecule has 17 heavy (non-hydrogen) atoms. The molecular weight excluding hydrogens is 208 g/mol. The number of likely N-dealkylation sites (tertiary alicyclic amines) is 1. The Hall–Kier alpha value is -0.0800. The van der Waals surface area contributed by atoms with Crippen LogP contribution in [0.4, 0.5) is 0 Å². The third kappa shape index (κ3) is 2.85. The summed E-state index contributed by atoms with van der Waals surface area (Å²) in [4.78, 5) is 4.94. The highest BCUT2D eigenvalue weighted by Crippen LogP contribution is 2.40. The second kappa shape index (κ2) is 5.27. The Kier molecular flexibility index (Phi) is 4.14. The van der Waals surface area contributed by atoms with Crippen molar-refractivity contribution in [2.24, 2.45) is 23.7 Å². The molecule has 1 aliphatic heterocycles. The molecule has 1 aliphatic carbocycles. The molecule has 1 saturated carbocycles. The van der Waals surface area contributed by atoms with Crippen molar-refractivity contribution in [2.45, 2.75) is 46.2 Å². The molecule has 1 saturated heterocycles. The van der Waals surface area contributed by atoms with Gasteiger partial charge in [0.15, 0.2) is 0 Å². The smallest absolute Gasteiger partial charge is 0.0588 e. The summed E-state index contributed by atoms with van der Waals surface area (Å²) in [5.41, 5.74) is 0. The van der Waals surface area contributed by atoms with Crippen molar-refractivity contribution in [1.82, 2.24) is 9.80 Å². The monoisotopic (exact) mass is 238 g/mol. The highest BCUT2D eigenvalue weighted by atomic mass is 15.4. The molecule has 0 N–H and O–H groups in total. The SMILES string of the molecule is CC1CCC(C2CN(C(C)N(C)C)C2)CC1C. The second-order valence-electron chi connectivity index (χ2n) is 6.84. The zero-order valence-corrected chi connectivity index (χ0v) is 12.3. The van der Waals surface area contributed by atoms with E-state index in [0.29, 0.717) is 6.17 Å². The van der Waals surface area contributed by atoms with Crippen molar-refractivity contribution in [3.8, 4) is 0 Å². The van der Waals surface area contributed by atoms with Gasteiger partial charge in [0.1, 0.15) is 0 Å². The Balaban J connectivity index is 1.76. The minimum atomic E-state index is 0.617. The van der Waals surface area contributed by atoms with E-state index in [4.69, 9.17) is 0 Å². The predicted octanol–water partition coefficient (Wildman–Crippen LogP) is 2.90. The average molecular weight is 238 g/mol. The summed E-state index contributed by atoms with van der Waals surface area (Å²) in [6.45, 7) is 9.88. The van der Waals surface area contributed by atoms with Crippen LogP contribution in [0.2, 0.25) is 0 Å². The fourth-order valence-electron chi connectivity index (χ4n) is 3.50. The molecule has 2 nitrogen and oxygen atoms in total. The lowest BCUT2D eigenvalue weighted by Crippen LogP contribution is -2.57. The van der Waals surface area contributed by atoms with E-state index in [0.717, 1.165) is 23.7 Å². The third-order valence-electron chi connectivity index (χ3n) is 5.52. The van der Waals surface area contributed by atoms with Crippen molar-refractivity contribution in [2.75, 3.05) is 27.2 Å². The van der Waals surface area contributed by atoms with Crippen LogP contribution in [0.3, 0.4) is 0 Å². The maximum atomic E-state index is 2.62. The van der Waals surface area contributed by atoms with Gasteiger partial charge in [0.05, 0.1) is 6.17 Å². The minimum Gasteiger partial charge on any atom is -0.294 e. The van der Waals surface area contributed by atoms with E-state index in [-0.39, 0.29) is 0 Å². The first-order chi connectivity index (χ1) is 7.99. The molecule has 0 spiro atoms. The standard InChI is InChI=1S/C15H30N2/c1-11-6-7-14(8-12(11)2)15-9-17(10-15)13(3)16(4)5/h11-15H,6-10H2,1-5H3. The first-order valence-corrected chi connectivity index (χ1v) is 7.39. The number of hydrogen-bond acceptors (Lipinski definition) is 2. The van der Waals surface area contributed by atoms with Crippen molar-refractivity contribution >= 4 is 0 Å². The summed E-state index contributed by atoms with van der Waals surface area (Å²) in [6, 6.07) is 0. The van der Waals surface area contributed by atoms with Gasteiger partial charge >= 0.3 is 0 Å². The maximum Gasteiger partial charge on any atom is 0.0588 e. The average Bonchev–Trinajstić information content (AvgIpc) is 2.20. The molecule has 4 atom stereocenters. The van der Waals surface area contributed by atoms with Crippen LogP contribution in [0.5, 0.6) is 0 Å². The fourth-order valence-corrected chi connectivity index (χ4v) is 3.50. The van der Waals surface area contributed by atoms with Crippen LogP contribution >= 0.6 is 0 Å². The maximum absolute atomic E-state index is 2.62. The molecule has 0 aromatic carbocycles. The summed E-state index contributed by atoms with van der Waals surface area (Å²) in [5, 5.41) is 0. The number of hydrogen-bond donors (Lipinski definition) is 0. The molecule has 1 heterocycles. The summed E-state index contributed by atoms with van der Waals surface area (Å²) >= 11 is 0. The van der Waals surface area contributed by atoms with Crippen molar-refractivity contribution in [3.05, 3.63) is 0 Å². The lowest BCUT2D eigenvalue weighted by Gasteiger charge is -2.50. The Morgan fingerprint density at radius 2 is 1.65 bits per heavy atom. The van der Waals surface area contributed by atoms with E-state index >= 15 is 0 Å². The van der Waals surface area contributed by atoms with Crippen LogP contribution in [-0.4, -0.2) is 43.2 Å². The predicted molar refractivity (Wildman–Crippen MR) is 73.9 cm³/mol. The van der Waals surface area contributed by atoms with E-state index in [2.05, 4.69) is 44.7 Å². The van der Waals surface area contributed by atoms with Crippen LogP contribution in [0.1, 0.15) is 40.0 Å². The van der Waals surface area contributed by atoms with Gasteiger partial charge < -0.3 is 0 Å². The van der Waals surface area contributed by atoms with Gasteiger partial charge in [-0.1, -0.05) is 20.3 Å². The van der Waals surface area contributed by atoms with Crippen LogP contribution in [0.25, 0.3) is 0 Å². The van der Waals surface area contributed by atoms with Crippen LogP contribution in [0, 0.1) is 23.7 Å². The summed E-state index contributed by atoms with van der Waals surface area (Å²) in [6.07, 6.45) is 5.05. The lowest BCUT2D eigenvalue weighted by atomic mass is 9.69. The topological polar surface area (TPSA) is 6.48 Å². The highest BCUT2D eigenvalue weighted by molar-refractivity contribution is 4.90. The Morgan fingerprint density at radius 3 is 2.18 bits per heavy atom. The molecule has 2 heteroatoms. The first kappa shape index (κ1) is 13.4. The van der Waals surface area contributed by atoms with Gasteiger partial charge in [-0.25, -0.2) is 0 Å². The van der Waals surface area contributed by atoms with E-state index in [9.17, 15) is 0 Å². The van der Waals surface area contributed by atoms with Gasteiger partial charge in [-0.3, -0.25) is 9.80 Å². The van der Waals surface area contributed by atoms with Crippen molar-refractivity contribution in [1.29, 1.82) is 0 Å². The second-order valence-corrected chi connectivity index (χ2v) is 6.84. The molecule has 0 aromatic rings. The molecule has 2 rings (SSSR count). The van der Waals surface area contributed by atoms with E-state index in [1.807, 2.05) is 0 Å². The summed E-state index contributed by atoms with van der Waals surface area (Å²) in [7, 11) is 4.37. The van der Waals surface area contributed by atoms with Gasteiger partial charge in [-0.05, 0) is 57.5 Å². The Labute approximate surface area is 107 Å². The van der Waals surface area contributed by atoms with Crippen LogP contribution in [-0.2, 0) is 0 Å². The van der Waals surface area contributed by atoms with Gasteiger partial charge in [0.2, 0.25) is 0 Å². The largest absolute Gasteiger partial charge is 0.294 e. The highest BCUT2D eigenvalue weighted by Gasteiger charge is 2.38. The Morgan fingerprint density at radius 1 is 1.00 bits per heavy atom. The number of nitrogens with zero attached hydrogens (tertiary/aromatic N) is 2. The molecule has 2 aliphatic rings. The first-order valence-electron chi connectivity index (χ1n) is 7.39. The Bertz CT molecular complexity index is 245. The third-order valence-corrected chi connectivity index (χ3v) is 5.52. The van der Waals surface area contributed by atoms with Crippen molar-refractivity contribution in [3.63, 3.8) is 0 Å². The van der Waals surface area contributed by atoms with E-state index in [1.54, 1.807) is 0 Å². The van der Waals surface area contributed by atoms with Crippen molar-refractivity contribution < 1.29 is 0 Å². The minimum absolute atomic E-state index is 0.617. The van der Waals surface area contributed by atoms with Gasteiger partial charge in [0, 0.05) is 13.1 Å². The molecule has 2 fully saturated rings. The lowest BCUT2D eigenvalue weighted by molar-refractivity contribution is -0.0385. The molecule has 0 amide bonds. The molecule has 0 radical (unpaired) electrons. The molecule has 0 bridgehead atoms. The zero-order valence-electron chi connectivity index (χ0n) is 12.3. The van der Waals surface area contributed by atoms with Gasteiger partial charge in [-0.2, -0.15) is 0 Å². The number of rotatable bonds is 3.